The van der Waals surface area contributed by atoms with E-state index in [1.54, 1.807) is 11.0 Å². The topological polar surface area (TPSA) is 65.1 Å². The first kappa shape index (κ1) is 29.4. The van der Waals surface area contributed by atoms with Crippen molar-refractivity contribution in [3.8, 4) is 11.5 Å². The number of carbonyl (C=O) groups excluding carboxylic acids is 2. The molecule has 45 heavy (non-hydrogen) atoms. The van der Waals surface area contributed by atoms with Crippen molar-refractivity contribution in [1.82, 2.24) is 0 Å². The summed E-state index contributed by atoms with van der Waals surface area (Å²) in [5, 5.41) is 0. The summed E-state index contributed by atoms with van der Waals surface area (Å²) in [5.74, 6) is 0.735. The molecule has 0 radical (unpaired) electrons. The third-order valence-electron chi connectivity index (χ3n) is 7.38. The molecule has 1 saturated heterocycles. The van der Waals surface area contributed by atoms with E-state index >= 15 is 0 Å². The van der Waals surface area contributed by atoms with E-state index in [1.807, 2.05) is 109 Å². The number of hydrogen-bond donors (Lipinski definition) is 0. The van der Waals surface area contributed by atoms with Gasteiger partial charge in [0.05, 0.1) is 0 Å². The number of cyclic esters (lactones) is 1. The largest absolute Gasteiger partial charge is 0.489 e. The fourth-order valence-corrected chi connectivity index (χ4v) is 5.11. The minimum Gasteiger partial charge on any atom is -0.489 e. The van der Waals surface area contributed by atoms with Gasteiger partial charge in [-0.15, -0.1) is 0 Å². The Bertz CT molecular complexity index is 1790. The lowest BCUT2D eigenvalue weighted by molar-refractivity contribution is 0.0994. The number of allylic oxidation sites excluding steroid dienone is 1. The predicted octanol–water partition coefficient (Wildman–Crippen LogP) is 8.84. The Morgan fingerprint density at radius 2 is 1.36 bits per heavy atom. The Labute approximate surface area is 260 Å². The minimum absolute atomic E-state index is 0.0498. The summed E-state index contributed by atoms with van der Waals surface area (Å²) in [6, 6.07) is 39.0. The number of Topliss-reactive ketones (excluding diaryl/α,β-unsaturated/α-hetero) is 1. The average Bonchev–Trinajstić information content (AvgIpc) is 3.42. The van der Waals surface area contributed by atoms with Gasteiger partial charge in [0.1, 0.15) is 42.3 Å². The zero-order chi connectivity index (χ0) is 31.0. The summed E-state index contributed by atoms with van der Waals surface area (Å²) in [6.07, 6.45) is 0.981. The molecule has 5 aromatic carbocycles. The number of para-hydroxylation sites is 1. The minimum atomic E-state index is -0.727. The number of ether oxygens (including phenoxy) is 3. The van der Waals surface area contributed by atoms with E-state index in [1.165, 1.54) is 24.3 Å². The quantitative estimate of drug-likeness (QED) is 0.142. The zero-order valence-corrected chi connectivity index (χ0v) is 24.3. The molecular formula is C38H30FNO5. The Kier molecular flexibility index (Phi) is 8.97. The van der Waals surface area contributed by atoms with Crippen LogP contribution in [-0.2, 0) is 18.0 Å². The Balaban J connectivity index is 1.37. The van der Waals surface area contributed by atoms with Gasteiger partial charge in [-0.2, -0.15) is 0 Å². The van der Waals surface area contributed by atoms with Crippen molar-refractivity contribution in [1.29, 1.82) is 0 Å². The second kappa shape index (κ2) is 13.7. The normalized spacial score (nSPS) is 15.1. The fourth-order valence-electron chi connectivity index (χ4n) is 5.11. The standard InChI is InChI=1S/C38H30FNO5/c39-30-18-16-29(17-19-30)34(41)22-23-35-37(40(38(42)45-35)31-14-8-3-9-15-31)33-21-20-32(43-25-27-10-4-1-5-11-27)24-36(33)44-26-28-12-6-2-7-13-28/h1-21,23-24,37H,22,25-26H2/t37-/m1/s1. The molecule has 7 heteroatoms. The van der Waals surface area contributed by atoms with Crippen LogP contribution in [0.1, 0.15) is 39.5 Å². The Hall–Kier alpha value is -5.69. The van der Waals surface area contributed by atoms with Crippen molar-refractivity contribution < 1.29 is 28.2 Å². The maximum absolute atomic E-state index is 13.4. The van der Waals surface area contributed by atoms with Crippen molar-refractivity contribution >= 4 is 17.6 Å². The predicted molar refractivity (Wildman–Crippen MR) is 170 cm³/mol. The molecule has 5 aromatic rings. The number of ketones is 1. The van der Waals surface area contributed by atoms with Crippen LogP contribution in [0, 0.1) is 5.82 Å². The highest BCUT2D eigenvalue weighted by molar-refractivity contribution is 5.97. The highest BCUT2D eigenvalue weighted by Gasteiger charge is 2.41. The molecule has 0 aromatic heterocycles. The molecule has 1 fully saturated rings. The molecule has 0 bridgehead atoms. The number of halogens is 1. The second-order valence-electron chi connectivity index (χ2n) is 10.5. The maximum Gasteiger partial charge on any atom is 0.420 e. The second-order valence-corrected chi connectivity index (χ2v) is 10.5. The molecule has 1 aliphatic heterocycles. The first-order chi connectivity index (χ1) is 22.0. The summed E-state index contributed by atoms with van der Waals surface area (Å²) in [6.45, 7) is 0.654. The van der Waals surface area contributed by atoms with E-state index in [-0.39, 0.29) is 18.8 Å². The molecule has 6 nitrogen and oxygen atoms in total. The third kappa shape index (κ3) is 7.11. The van der Waals surface area contributed by atoms with Gasteiger partial charge in [-0.1, -0.05) is 78.9 Å². The molecule has 224 valence electrons. The van der Waals surface area contributed by atoms with Crippen molar-refractivity contribution in [2.45, 2.75) is 25.7 Å². The summed E-state index contributed by atoms with van der Waals surface area (Å²) in [7, 11) is 0. The van der Waals surface area contributed by atoms with Gasteiger partial charge in [-0.3, -0.25) is 9.69 Å². The van der Waals surface area contributed by atoms with E-state index < -0.39 is 18.0 Å². The Morgan fingerprint density at radius 1 is 0.756 bits per heavy atom. The monoisotopic (exact) mass is 599 g/mol. The van der Waals surface area contributed by atoms with Gasteiger partial charge < -0.3 is 14.2 Å². The van der Waals surface area contributed by atoms with Crippen molar-refractivity contribution in [3.05, 3.63) is 173 Å². The number of nitrogens with zero attached hydrogens (tertiary/aromatic N) is 1. The zero-order valence-electron chi connectivity index (χ0n) is 24.3. The molecule has 0 aliphatic carbocycles. The molecule has 1 atom stereocenters. The number of hydrogen-bond acceptors (Lipinski definition) is 5. The number of benzene rings is 5. The van der Waals surface area contributed by atoms with Gasteiger partial charge in [-0.05, 0) is 65.7 Å². The van der Waals surface area contributed by atoms with Crippen molar-refractivity contribution in [2.24, 2.45) is 0 Å². The summed E-state index contributed by atoms with van der Waals surface area (Å²) < 4.78 is 31.8. The number of rotatable bonds is 11. The van der Waals surface area contributed by atoms with Crippen LogP contribution < -0.4 is 14.4 Å². The molecule has 1 aliphatic rings. The van der Waals surface area contributed by atoms with Crippen LogP contribution in [0.3, 0.4) is 0 Å². The lowest BCUT2D eigenvalue weighted by Gasteiger charge is -2.24. The van der Waals surface area contributed by atoms with Crippen LogP contribution >= 0.6 is 0 Å². The summed E-state index contributed by atoms with van der Waals surface area (Å²) in [5.41, 5.74) is 3.64. The van der Waals surface area contributed by atoms with Crippen LogP contribution in [-0.4, -0.2) is 11.9 Å². The molecule has 0 unspecified atom stereocenters. The van der Waals surface area contributed by atoms with E-state index in [2.05, 4.69) is 0 Å². The van der Waals surface area contributed by atoms with E-state index in [0.717, 1.165) is 11.1 Å². The lowest BCUT2D eigenvalue weighted by Crippen LogP contribution is -2.27. The summed E-state index contributed by atoms with van der Waals surface area (Å²) in [4.78, 5) is 27.9. The fraction of sp³-hybridized carbons (Fsp3) is 0.105. The van der Waals surface area contributed by atoms with Crippen LogP contribution in [0.25, 0.3) is 0 Å². The van der Waals surface area contributed by atoms with Gasteiger partial charge >= 0.3 is 6.09 Å². The number of carbonyl (C=O) groups is 2. The Morgan fingerprint density at radius 3 is 2.00 bits per heavy atom. The van der Waals surface area contributed by atoms with E-state index in [4.69, 9.17) is 14.2 Å². The maximum atomic E-state index is 13.4. The smallest absolute Gasteiger partial charge is 0.420 e. The average molecular weight is 600 g/mol. The van der Waals surface area contributed by atoms with E-state index in [0.29, 0.717) is 40.7 Å². The highest BCUT2D eigenvalue weighted by atomic mass is 19.1. The van der Waals surface area contributed by atoms with Crippen LogP contribution in [0.15, 0.2) is 145 Å². The van der Waals surface area contributed by atoms with E-state index in [9.17, 15) is 14.0 Å². The lowest BCUT2D eigenvalue weighted by atomic mass is 10.00. The third-order valence-corrected chi connectivity index (χ3v) is 7.38. The van der Waals surface area contributed by atoms with Crippen molar-refractivity contribution in [3.63, 3.8) is 0 Å². The molecule has 0 N–H and O–H groups in total. The molecule has 1 amide bonds. The van der Waals surface area contributed by atoms with Crippen LogP contribution in [0.4, 0.5) is 14.9 Å². The van der Waals surface area contributed by atoms with Crippen LogP contribution in [0.2, 0.25) is 0 Å². The van der Waals surface area contributed by atoms with Gasteiger partial charge in [0, 0.05) is 29.3 Å². The molecule has 6 rings (SSSR count). The molecular weight excluding hydrogens is 569 g/mol. The van der Waals surface area contributed by atoms with Crippen molar-refractivity contribution in [2.75, 3.05) is 4.90 Å². The SMILES string of the molecule is O=C(CC=C1OC(=O)N(c2ccccc2)[C@@H]1c1ccc(OCc2ccccc2)cc1OCc1ccccc1)c1ccc(F)cc1. The first-order valence-corrected chi connectivity index (χ1v) is 14.6. The van der Waals surface area contributed by atoms with Gasteiger partial charge in [-0.25, -0.2) is 9.18 Å². The number of anilines is 1. The molecule has 0 spiro atoms. The molecule has 0 saturated carbocycles. The molecule has 1 heterocycles. The number of amides is 1. The van der Waals surface area contributed by atoms with Crippen LogP contribution in [0.5, 0.6) is 11.5 Å². The summed E-state index contributed by atoms with van der Waals surface area (Å²) >= 11 is 0. The van der Waals surface area contributed by atoms with Gasteiger partial charge in [0.25, 0.3) is 0 Å². The highest BCUT2D eigenvalue weighted by Crippen LogP contribution is 2.44. The van der Waals surface area contributed by atoms with Gasteiger partial charge in [0.2, 0.25) is 0 Å². The first-order valence-electron chi connectivity index (χ1n) is 14.6. The van der Waals surface area contributed by atoms with Gasteiger partial charge in [0.15, 0.2) is 5.78 Å².